The Morgan fingerprint density at radius 1 is 1.00 bits per heavy atom. The Labute approximate surface area is 153 Å². The Morgan fingerprint density at radius 2 is 1.62 bits per heavy atom. The number of benzene rings is 2. The predicted molar refractivity (Wildman–Crippen MR) is 101 cm³/mol. The summed E-state index contributed by atoms with van der Waals surface area (Å²) in [5.74, 6) is 0.569. The molecule has 0 radical (unpaired) electrons. The second-order valence-electron chi connectivity index (χ2n) is 7.23. The van der Waals surface area contributed by atoms with Crippen LogP contribution < -0.4 is 10.6 Å². The van der Waals surface area contributed by atoms with Crippen LogP contribution in [0, 0.1) is 5.92 Å². The molecule has 134 valence electrons. The van der Waals surface area contributed by atoms with Crippen LogP contribution in [0.2, 0.25) is 0 Å². The summed E-state index contributed by atoms with van der Waals surface area (Å²) in [4.78, 5) is 26.5. The van der Waals surface area contributed by atoms with Crippen LogP contribution in [0.25, 0.3) is 0 Å². The van der Waals surface area contributed by atoms with E-state index >= 15 is 0 Å². The van der Waals surface area contributed by atoms with Gasteiger partial charge in [-0.1, -0.05) is 24.3 Å². The molecule has 4 rings (SSSR count). The van der Waals surface area contributed by atoms with Crippen molar-refractivity contribution >= 4 is 17.6 Å². The molecule has 2 aromatic carbocycles. The van der Waals surface area contributed by atoms with Gasteiger partial charge in [-0.2, -0.15) is 0 Å². The number of hydrogen-bond donors (Lipinski definition) is 2. The summed E-state index contributed by atoms with van der Waals surface area (Å²) in [6, 6.07) is 15.3. The summed E-state index contributed by atoms with van der Waals surface area (Å²) in [7, 11) is 0. The number of hydrogen-bond acceptors (Lipinski definition) is 2. The van der Waals surface area contributed by atoms with Crippen molar-refractivity contribution in [1.82, 2.24) is 10.2 Å². The van der Waals surface area contributed by atoms with Gasteiger partial charge in [0, 0.05) is 30.4 Å². The zero-order chi connectivity index (χ0) is 18.1. The maximum atomic E-state index is 12.5. The topological polar surface area (TPSA) is 61.4 Å². The van der Waals surface area contributed by atoms with Crippen LogP contribution >= 0.6 is 0 Å². The molecule has 5 nitrogen and oxygen atoms in total. The Morgan fingerprint density at radius 3 is 2.19 bits per heavy atom. The van der Waals surface area contributed by atoms with E-state index in [1.165, 1.54) is 24.0 Å². The third-order valence-corrected chi connectivity index (χ3v) is 5.21. The molecule has 1 saturated carbocycles. The highest BCUT2D eigenvalue weighted by molar-refractivity contribution is 5.95. The molecule has 2 N–H and O–H groups in total. The first-order valence-electron chi connectivity index (χ1n) is 9.14. The van der Waals surface area contributed by atoms with E-state index in [1.807, 2.05) is 12.1 Å². The van der Waals surface area contributed by atoms with Crippen molar-refractivity contribution in [2.75, 3.05) is 5.32 Å². The number of fused-ring (bicyclic) bond motifs is 1. The molecule has 1 atom stereocenters. The molecule has 0 spiro atoms. The fourth-order valence-electron chi connectivity index (χ4n) is 3.39. The molecule has 0 unspecified atom stereocenters. The summed E-state index contributed by atoms with van der Waals surface area (Å²) in [5, 5.41) is 5.95. The van der Waals surface area contributed by atoms with E-state index in [9.17, 15) is 9.59 Å². The Kier molecular flexibility index (Phi) is 4.37. The highest BCUT2D eigenvalue weighted by Gasteiger charge is 2.29. The Bertz CT molecular complexity index is 802. The lowest BCUT2D eigenvalue weighted by Crippen LogP contribution is -2.34. The maximum absolute atomic E-state index is 12.5. The number of nitrogens with one attached hydrogen (secondary N) is 2. The second kappa shape index (κ2) is 6.83. The molecule has 0 aromatic heterocycles. The van der Waals surface area contributed by atoms with Crippen LogP contribution in [-0.4, -0.2) is 22.9 Å². The lowest BCUT2D eigenvalue weighted by Gasteiger charge is -2.17. The average Bonchev–Trinajstić information content (AvgIpc) is 3.41. The normalized spacial score (nSPS) is 16.7. The molecule has 1 fully saturated rings. The van der Waals surface area contributed by atoms with E-state index in [1.54, 1.807) is 29.2 Å². The van der Waals surface area contributed by atoms with Crippen molar-refractivity contribution in [2.24, 2.45) is 5.92 Å². The lowest BCUT2D eigenvalue weighted by atomic mass is 10.1. The zero-order valence-electron chi connectivity index (χ0n) is 14.9. The predicted octanol–water partition coefficient (Wildman–Crippen LogP) is 3.76. The highest BCUT2D eigenvalue weighted by Crippen LogP contribution is 2.32. The molecule has 2 aromatic rings. The van der Waals surface area contributed by atoms with Gasteiger partial charge in [-0.05, 0) is 61.1 Å². The molecule has 1 aliphatic carbocycles. The highest BCUT2D eigenvalue weighted by atomic mass is 16.2. The third kappa shape index (κ3) is 3.57. The van der Waals surface area contributed by atoms with E-state index in [2.05, 4.69) is 29.7 Å². The molecular formula is C21H23N3O2. The number of carbonyl (C=O) groups excluding carboxylic acids is 2. The van der Waals surface area contributed by atoms with Crippen molar-refractivity contribution < 1.29 is 9.59 Å². The standard InChI is InChI=1S/C21H23N3O2/c1-14(15-6-7-15)22-20(25)16-8-10-19(11-9-16)23-21(26)24-12-17-4-2-3-5-18(17)13-24/h2-5,8-11,14-15H,6-7,12-13H2,1H3,(H,22,25)(H,23,26)/t14-/m1/s1. The van der Waals surface area contributed by atoms with Gasteiger partial charge in [0.15, 0.2) is 0 Å². The van der Waals surface area contributed by atoms with Crippen LogP contribution in [0.5, 0.6) is 0 Å². The molecule has 1 heterocycles. The zero-order valence-corrected chi connectivity index (χ0v) is 14.9. The minimum absolute atomic E-state index is 0.0581. The van der Waals surface area contributed by atoms with Gasteiger partial charge in [-0.15, -0.1) is 0 Å². The average molecular weight is 349 g/mol. The van der Waals surface area contributed by atoms with Gasteiger partial charge in [-0.3, -0.25) is 4.79 Å². The number of nitrogens with zero attached hydrogens (tertiary/aromatic N) is 1. The van der Waals surface area contributed by atoms with E-state index in [4.69, 9.17) is 0 Å². The van der Waals surface area contributed by atoms with E-state index in [0.29, 0.717) is 30.3 Å². The molecule has 5 heteroatoms. The van der Waals surface area contributed by atoms with Crippen molar-refractivity contribution in [3.05, 3.63) is 65.2 Å². The van der Waals surface area contributed by atoms with Crippen LogP contribution in [0.1, 0.15) is 41.3 Å². The fraction of sp³-hybridized carbons (Fsp3) is 0.333. The van der Waals surface area contributed by atoms with Crippen molar-refractivity contribution in [1.29, 1.82) is 0 Å². The number of rotatable bonds is 4. The largest absolute Gasteiger partial charge is 0.349 e. The SMILES string of the molecule is C[C@@H](NC(=O)c1ccc(NC(=O)N2Cc3ccccc3C2)cc1)C1CC1. The summed E-state index contributed by atoms with van der Waals surface area (Å²) in [6.45, 7) is 3.31. The van der Waals surface area contributed by atoms with Crippen LogP contribution in [0.3, 0.4) is 0 Å². The number of carbonyl (C=O) groups is 2. The lowest BCUT2D eigenvalue weighted by molar-refractivity contribution is 0.0936. The van der Waals surface area contributed by atoms with Crippen LogP contribution in [-0.2, 0) is 13.1 Å². The Balaban J connectivity index is 1.34. The summed E-state index contributed by atoms with van der Waals surface area (Å²) in [5.41, 5.74) is 3.70. The first kappa shape index (κ1) is 16.6. The first-order chi connectivity index (χ1) is 12.6. The molecule has 26 heavy (non-hydrogen) atoms. The number of amides is 3. The van der Waals surface area contributed by atoms with E-state index in [0.717, 1.165) is 0 Å². The molecule has 2 aliphatic rings. The smallest absolute Gasteiger partial charge is 0.322 e. The molecule has 0 bridgehead atoms. The van der Waals surface area contributed by atoms with Gasteiger partial charge in [0.1, 0.15) is 0 Å². The first-order valence-corrected chi connectivity index (χ1v) is 9.14. The summed E-state index contributed by atoms with van der Waals surface area (Å²) >= 11 is 0. The third-order valence-electron chi connectivity index (χ3n) is 5.21. The van der Waals surface area contributed by atoms with Gasteiger partial charge in [0.2, 0.25) is 0 Å². The van der Waals surface area contributed by atoms with Gasteiger partial charge in [-0.25, -0.2) is 4.79 Å². The molecule has 0 saturated heterocycles. The van der Waals surface area contributed by atoms with Crippen LogP contribution in [0.4, 0.5) is 10.5 Å². The summed E-state index contributed by atoms with van der Waals surface area (Å²) < 4.78 is 0. The maximum Gasteiger partial charge on any atom is 0.322 e. The quantitative estimate of drug-likeness (QED) is 0.883. The molecule has 3 amide bonds. The van der Waals surface area contributed by atoms with Crippen molar-refractivity contribution in [3.8, 4) is 0 Å². The van der Waals surface area contributed by atoms with Gasteiger partial charge < -0.3 is 15.5 Å². The number of urea groups is 1. The van der Waals surface area contributed by atoms with Crippen molar-refractivity contribution in [3.63, 3.8) is 0 Å². The molecule has 1 aliphatic heterocycles. The van der Waals surface area contributed by atoms with Gasteiger partial charge >= 0.3 is 6.03 Å². The van der Waals surface area contributed by atoms with Crippen molar-refractivity contribution in [2.45, 2.75) is 38.9 Å². The van der Waals surface area contributed by atoms with E-state index in [-0.39, 0.29) is 18.0 Å². The minimum atomic E-state index is -0.124. The van der Waals surface area contributed by atoms with Gasteiger partial charge in [0.05, 0.1) is 0 Å². The van der Waals surface area contributed by atoms with Crippen LogP contribution in [0.15, 0.2) is 48.5 Å². The molecular weight excluding hydrogens is 326 g/mol. The second-order valence-corrected chi connectivity index (χ2v) is 7.23. The monoisotopic (exact) mass is 349 g/mol. The summed E-state index contributed by atoms with van der Waals surface area (Å²) in [6.07, 6.45) is 2.40. The Hall–Kier alpha value is -2.82. The fourth-order valence-corrected chi connectivity index (χ4v) is 3.39. The number of anilines is 1. The van der Waals surface area contributed by atoms with Gasteiger partial charge in [0.25, 0.3) is 5.91 Å². The minimum Gasteiger partial charge on any atom is -0.349 e. The van der Waals surface area contributed by atoms with E-state index < -0.39 is 0 Å².